The lowest BCUT2D eigenvalue weighted by atomic mass is 9.96. The van der Waals surface area contributed by atoms with Gasteiger partial charge < -0.3 is 5.32 Å². The first-order chi connectivity index (χ1) is 11.3. The highest BCUT2D eigenvalue weighted by Crippen LogP contribution is 2.48. The zero-order valence-electron chi connectivity index (χ0n) is 13.2. The van der Waals surface area contributed by atoms with E-state index in [9.17, 15) is 18.5 Å². The predicted molar refractivity (Wildman–Crippen MR) is 92.0 cm³/mol. The van der Waals surface area contributed by atoms with Gasteiger partial charge >= 0.3 is 5.69 Å². The van der Waals surface area contributed by atoms with Crippen molar-refractivity contribution in [2.45, 2.75) is 23.2 Å². The molecule has 1 aliphatic rings. The third kappa shape index (κ3) is 3.12. The molecule has 126 valence electrons. The van der Waals surface area contributed by atoms with Gasteiger partial charge in [-0.15, -0.1) is 0 Å². The number of benzene rings is 2. The standard InChI is InChI=1S/C17H18N2O4S/c1-24(22,23)15-9-5-8-14(16(15)19(20)21)18-12-17(10-11-17)13-6-3-2-4-7-13/h2-9,18H,10-12H2,1H3. The molecule has 0 heterocycles. The molecule has 2 aromatic rings. The Kier molecular flexibility index (Phi) is 4.04. The molecule has 0 amide bonds. The summed E-state index contributed by atoms with van der Waals surface area (Å²) in [5.41, 5.74) is 1.02. The van der Waals surface area contributed by atoms with E-state index in [1.54, 1.807) is 6.07 Å². The van der Waals surface area contributed by atoms with E-state index in [0.29, 0.717) is 6.54 Å². The monoisotopic (exact) mass is 346 g/mol. The van der Waals surface area contributed by atoms with Crippen molar-refractivity contribution in [3.63, 3.8) is 0 Å². The second kappa shape index (κ2) is 5.90. The number of sulfone groups is 1. The summed E-state index contributed by atoms with van der Waals surface area (Å²) in [7, 11) is -3.67. The number of nitrogens with zero attached hydrogens (tertiary/aromatic N) is 1. The van der Waals surface area contributed by atoms with Crippen LogP contribution in [0.3, 0.4) is 0 Å². The molecule has 1 N–H and O–H groups in total. The van der Waals surface area contributed by atoms with E-state index < -0.39 is 14.8 Å². The van der Waals surface area contributed by atoms with Crippen molar-refractivity contribution >= 4 is 21.2 Å². The zero-order valence-corrected chi connectivity index (χ0v) is 14.0. The molecule has 1 aliphatic carbocycles. The van der Waals surface area contributed by atoms with E-state index in [-0.39, 0.29) is 21.7 Å². The number of hydrogen-bond donors (Lipinski definition) is 1. The third-order valence-electron chi connectivity index (χ3n) is 4.44. The van der Waals surface area contributed by atoms with Gasteiger partial charge in [0.05, 0.1) is 4.92 Å². The quantitative estimate of drug-likeness (QED) is 0.641. The average molecular weight is 346 g/mol. The third-order valence-corrected chi connectivity index (χ3v) is 5.57. The van der Waals surface area contributed by atoms with Crippen molar-refractivity contribution in [3.8, 4) is 0 Å². The highest BCUT2D eigenvalue weighted by Gasteiger charge is 2.44. The molecule has 3 rings (SSSR count). The number of para-hydroxylation sites is 1. The van der Waals surface area contributed by atoms with Crippen LogP contribution in [0.15, 0.2) is 53.4 Å². The van der Waals surface area contributed by atoms with Gasteiger partial charge in [-0.2, -0.15) is 0 Å². The van der Waals surface area contributed by atoms with Gasteiger partial charge in [0.2, 0.25) is 0 Å². The fourth-order valence-electron chi connectivity index (χ4n) is 2.93. The van der Waals surface area contributed by atoms with Crippen LogP contribution in [0.5, 0.6) is 0 Å². The molecule has 1 saturated carbocycles. The molecule has 0 unspecified atom stereocenters. The number of nitro benzene ring substituents is 1. The van der Waals surface area contributed by atoms with Crippen molar-refractivity contribution in [1.29, 1.82) is 0 Å². The lowest BCUT2D eigenvalue weighted by Gasteiger charge is -2.18. The first kappa shape index (κ1) is 16.4. The van der Waals surface area contributed by atoms with Gasteiger partial charge in [-0.1, -0.05) is 36.4 Å². The topological polar surface area (TPSA) is 89.3 Å². The SMILES string of the molecule is CS(=O)(=O)c1cccc(NCC2(c3ccccc3)CC2)c1[N+](=O)[O-]. The highest BCUT2D eigenvalue weighted by atomic mass is 32.2. The largest absolute Gasteiger partial charge is 0.379 e. The summed E-state index contributed by atoms with van der Waals surface area (Å²) in [5, 5.41) is 14.5. The van der Waals surface area contributed by atoms with Crippen LogP contribution in [0.1, 0.15) is 18.4 Å². The summed E-state index contributed by atoms with van der Waals surface area (Å²) in [5.74, 6) is 0. The lowest BCUT2D eigenvalue weighted by Crippen LogP contribution is -2.20. The normalized spacial score (nSPS) is 15.7. The van der Waals surface area contributed by atoms with E-state index in [1.807, 2.05) is 18.2 Å². The second-order valence-electron chi connectivity index (χ2n) is 6.18. The summed E-state index contributed by atoms with van der Waals surface area (Å²) in [4.78, 5) is 10.5. The van der Waals surface area contributed by atoms with Crippen LogP contribution in [0.25, 0.3) is 0 Å². The Labute approximate surface area is 140 Å². The van der Waals surface area contributed by atoms with Crippen LogP contribution in [-0.4, -0.2) is 26.1 Å². The highest BCUT2D eigenvalue weighted by molar-refractivity contribution is 7.90. The molecular formula is C17H18N2O4S. The van der Waals surface area contributed by atoms with Crippen molar-refractivity contribution in [3.05, 3.63) is 64.2 Å². The summed E-state index contributed by atoms with van der Waals surface area (Å²) >= 11 is 0. The van der Waals surface area contributed by atoms with Crippen molar-refractivity contribution < 1.29 is 13.3 Å². The van der Waals surface area contributed by atoms with Crippen LogP contribution in [0, 0.1) is 10.1 Å². The van der Waals surface area contributed by atoms with E-state index in [1.165, 1.54) is 17.7 Å². The maximum atomic E-state index is 11.8. The van der Waals surface area contributed by atoms with Crippen LogP contribution in [0.4, 0.5) is 11.4 Å². The Morgan fingerprint density at radius 1 is 1.12 bits per heavy atom. The molecule has 0 saturated heterocycles. The average Bonchev–Trinajstić information content (AvgIpc) is 3.33. The van der Waals surface area contributed by atoms with Crippen molar-refractivity contribution in [2.24, 2.45) is 0 Å². The van der Waals surface area contributed by atoms with Gasteiger partial charge in [0.1, 0.15) is 10.6 Å². The van der Waals surface area contributed by atoms with Gasteiger partial charge in [0.15, 0.2) is 9.84 Å². The summed E-state index contributed by atoms with van der Waals surface area (Å²) in [6, 6.07) is 14.3. The first-order valence-electron chi connectivity index (χ1n) is 7.60. The number of rotatable bonds is 6. The van der Waals surface area contributed by atoms with Gasteiger partial charge in [0.25, 0.3) is 0 Å². The van der Waals surface area contributed by atoms with E-state index in [0.717, 1.165) is 19.1 Å². The lowest BCUT2D eigenvalue weighted by molar-refractivity contribution is -0.386. The molecule has 1 fully saturated rings. The van der Waals surface area contributed by atoms with Crippen LogP contribution >= 0.6 is 0 Å². The minimum atomic E-state index is -3.67. The molecule has 24 heavy (non-hydrogen) atoms. The summed E-state index contributed by atoms with van der Waals surface area (Å²) < 4.78 is 23.6. The number of nitro groups is 1. The second-order valence-corrected chi connectivity index (χ2v) is 8.17. The Balaban J connectivity index is 1.90. The zero-order chi connectivity index (χ0) is 17.4. The molecule has 6 nitrogen and oxygen atoms in total. The predicted octanol–water partition coefficient (Wildman–Crippen LogP) is 3.14. The maximum absolute atomic E-state index is 11.8. The molecule has 2 aromatic carbocycles. The van der Waals surface area contributed by atoms with Crippen LogP contribution in [-0.2, 0) is 15.3 Å². The Hall–Kier alpha value is -2.41. The first-order valence-corrected chi connectivity index (χ1v) is 9.49. The van der Waals surface area contributed by atoms with Crippen LogP contribution in [0.2, 0.25) is 0 Å². The maximum Gasteiger partial charge on any atom is 0.310 e. The Morgan fingerprint density at radius 3 is 2.33 bits per heavy atom. The minimum absolute atomic E-state index is 0.0315. The van der Waals surface area contributed by atoms with E-state index in [4.69, 9.17) is 0 Å². The fraction of sp³-hybridized carbons (Fsp3) is 0.294. The summed E-state index contributed by atoms with van der Waals surface area (Å²) in [6.45, 7) is 0.533. The van der Waals surface area contributed by atoms with Crippen LogP contribution < -0.4 is 5.32 Å². The van der Waals surface area contributed by atoms with Crippen molar-refractivity contribution in [2.75, 3.05) is 18.1 Å². The van der Waals surface area contributed by atoms with Gasteiger partial charge in [0, 0.05) is 18.2 Å². The number of hydrogen-bond acceptors (Lipinski definition) is 5. The molecular weight excluding hydrogens is 328 g/mol. The molecule has 0 aliphatic heterocycles. The van der Waals surface area contributed by atoms with Gasteiger partial charge in [-0.25, -0.2) is 8.42 Å². The Bertz CT molecular complexity index is 875. The van der Waals surface area contributed by atoms with Gasteiger partial charge in [-0.3, -0.25) is 10.1 Å². The number of anilines is 1. The number of nitrogens with one attached hydrogen (secondary N) is 1. The Morgan fingerprint density at radius 2 is 1.79 bits per heavy atom. The van der Waals surface area contributed by atoms with Crippen molar-refractivity contribution in [1.82, 2.24) is 0 Å². The molecule has 0 radical (unpaired) electrons. The summed E-state index contributed by atoms with van der Waals surface area (Å²) in [6.07, 6.45) is 2.98. The van der Waals surface area contributed by atoms with E-state index >= 15 is 0 Å². The smallest absolute Gasteiger partial charge is 0.310 e. The van der Waals surface area contributed by atoms with Gasteiger partial charge in [-0.05, 0) is 30.5 Å². The molecule has 0 aromatic heterocycles. The molecule has 0 bridgehead atoms. The molecule has 0 atom stereocenters. The molecule has 7 heteroatoms. The minimum Gasteiger partial charge on any atom is -0.379 e. The van der Waals surface area contributed by atoms with E-state index in [2.05, 4.69) is 17.4 Å². The fourth-order valence-corrected chi connectivity index (χ4v) is 3.79. The molecule has 0 spiro atoms.